The van der Waals surface area contributed by atoms with E-state index in [1.807, 2.05) is 6.20 Å². The van der Waals surface area contributed by atoms with Crippen molar-refractivity contribution in [1.82, 2.24) is 4.98 Å². The lowest BCUT2D eigenvalue weighted by Gasteiger charge is -2.12. The van der Waals surface area contributed by atoms with Gasteiger partial charge in [-0.05, 0) is 96.4 Å². The van der Waals surface area contributed by atoms with Crippen LogP contribution in [0, 0.1) is 0 Å². The Morgan fingerprint density at radius 2 is 1.00 bits per heavy atom. The minimum atomic E-state index is 0.998. The van der Waals surface area contributed by atoms with Crippen LogP contribution in [0.3, 0.4) is 0 Å². The molecular formula is C36H23N. The van der Waals surface area contributed by atoms with Crippen LogP contribution in [-0.2, 0) is 6.42 Å². The molecule has 1 heterocycles. The smallest absolute Gasteiger partial charge is 0.0708 e. The Morgan fingerprint density at radius 1 is 0.405 bits per heavy atom. The summed E-state index contributed by atoms with van der Waals surface area (Å²) in [6.45, 7) is 0. The van der Waals surface area contributed by atoms with Gasteiger partial charge in [-0.15, -0.1) is 0 Å². The number of benzene rings is 6. The number of aromatic nitrogens is 1. The molecule has 7 aromatic rings. The average Bonchev–Trinajstić information content (AvgIpc) is 3.35. The van der Waals surface area contributed by atoms with Gasteiger partial charge in [0.25, 0.3) is 0 Å². The maximum atomic E-state index is 4.79. The Kier molecular flexibility index (Phi) is 4.35. The number of rotatable bonds is 2. The van der Waals surface area contributed by atoms with Crippen LogP contribution in [0.1, 0.15) is 11.1 Å². The van der Waals surface area contributed by atoms with Gasteiger partial charge in [-0.25, -0.2) is 0 Å². The second kappa shape index (κ2) is 7.88. The molecule has 1 nitrogen and oxygen atoms in total. The molecule has 0 N–H and O–H groups in total. The fourth-order valence-electron chi connectivity index (χ4n) is 6.14. The third-order valence-electron chi connectivity index (χ3n) is 7.93. The first-order valence-electron chi connectivity index (χ1n) is 12.8. The van der Waals surface area contributed by atoms with Crippen LogP contribution in [0.25, 0.3) is 65.8 Å². The van der Waals surface area contributed by atoms with Gasteiger partial charge in [-0.3, -0.25) is 4.98 Å². The molecule has 37 heavy (non-hydrogen) atoms. The predicted molar refractivity (Wildman–Crippen MR) is 156 cm³/mol. The normalized spacial score (nSPS) is 12.2. The number of pyridine rings is 1. The SMILES string of the molecule is c1ccc2c(c1)Cc1ccc(-c3ccnc(-c4ccc5c6ccccc6c6ccccc6c5c4)c3)cc1-2. The topological polar surface area (TPSA) is 12.9 Å². The summed E-state index contributed by atoms with van der Waals surface area (Å²) >= 11 is 0. The molecular weight excluding hydrogens is 446 g/mol. The van der Waals surface area contributed by atoms with Crippen molar-refractivity contribution in [2.24, 2.45) is 0 Å². The van der Waals surface area contributed by atoms with Gasteiger partial charge in [-0.1, -0.05) is 97.1 Å². The standard InChI is InChI=1S/C36H23N/c1-2-8-28-25(7-1)19-26-14-13-23(20-34(26)28)24-17-18-37-36(22-24)27-15-16-33-31-11-4-3-9-29(31)30-10-5-6-12-32(30)35(33)21-27/h1-18,20-22H,19H2. The predicted octanol–water partition coefficient (Wildman–Crippen LogP) is 9.45. The summed E-state index contributed by atoms with van der Waals surface area (Å²) in [6, 6.07) is 44.2. The highest BCUT2D eigenvalue weighted by Crippen LogP contribution is 2.40. The second-order valence-corrected chi connectivity index (χ2v) is 9.99. The van der Waals surface area contributed by atoms with Gasteiger partial charge in [0.1, 0.15) is 0 Å². The van der Waals surface area contributed by atoms with Gasteiger partial charge < -0.3 is 0 Å². The van der Waals surface area contributed by atoms with Crippen molar-refractivity contribution in [3.05, 3.63) is 139 Å². The molecule has 1 aromatic heterocycles. The molecule has 1 aliphatic carbocycles. The van der Waals surface area contributed by atoms with Crippen LogP contribution in [-0.4, -0.2) is 4.98 Å². The van der Waals surface area contributed by atoms with E-state index in [0.717, 1.165) is 17.7 Å². The highest BCUT2D eigenvalue weighted by Gasteiger charge is 2.18. The molecule has 0 saturated heterocycles. The van der Waals surface area contributed by atoms with Crippen molar-refractivity contribution in [2.75, 3.05) is 0 Å². The maximum Gasteiger partial charge on any atom is 0.0708 e. The van der Waals surface area contributed by atoms with E-state index in [0.29, 0.717) is 0 Å². The van der Waals surface area contributed by atoms with E-state index in [4.69, 9.17) is 4.98 Å². The minimum absolute atomic E-state index is 0.998. The van der Waals surface area contributed by atoms with Crippen LogP contribution in [0.5, 0.6) is 0 Å². The van der Waals surface area contributed by atoms with Crippen molar-refractivity contribution in [3.8, 4) is 33.5 Å². The van der Waals surface area contributed by atoms with Crippen LogP contribution < -0.4 is 0 Å². The number of hydrogen-bond donors (Lipinski definition) is 0. The van der Waals surface area contributed by atoms with E-state index in [9.17, 15) is 0 Å². The van der Waals surface area contributed by atoms with Crippen molar-refractivity contribution in [2.45, 2.75) is 6.42 Å². The summed E-state index contributed by atoms with van der Waals surface area (Å²) < 4.78 is 0. The summed E-state index contributed by atoms with van der Waals surface area (Å²) in [5.41, 5.74) is 10.1. The van der Waals surface area contributed by atoms with Crippen molar-refractivity contribution >= 4 is 32.3 Å². The number of nitrogens with zero attached hydrogens (tertiary/aromatic N) is 1. The quantitative estimate of drug-likeness (QED) is 0.230. The van der Waals surface area contributed by atoms with Crippen LogP contribution in [0.2, 0.25) is 0 Å². The maximum absolute atomic E-state index is 4.79. The Morgan fingerprint density at radius 3 is 1.78 bits per heavy atom. The second-order valence-electron chi connectivity index (χ2n) is 9.99. The lowest BCUT2D eigenvalue weighted by Crippen LogP contribution is -1.88. The van der Waals surface area contributed by atoms with Gasteiger partial charge >= 0.3 is 0 Å². The van der Waals surface area contributed by atoms with E-state index in [2.05, 4.69) is 121 Å². The minimum Gasteiger partial charge on any atom is -0.256 e. The molecule has 0 unspecified atom stereocenters. The highest BCUT2D eigenvalue weighted by molar-refractivity contribution is 6.25. The third-order valence-corrected chi connectivity index (χ3v) is 7.93. The molecule has 0 aliphatic heterocycles. The number of fused-ring (bicyclic) bond motifs is 9. The number of hydrogen-bond acceptors (Lipinski definition) is 1. The Labute approximate surface area is 215 Å². The molecule has 0 bridgehead atoms. The Bertz CT molecular complexity index is 1980. The molecule has 1 heteroatoms. The van der Waals surface area contributed by atoms with Crippen molar-refractivity contribution in [3.63, 3.8) is 0 Å². The molecule has 6 aromatic carbocycles. The van der Waals surface area contributed by atoms with E-state index < -0.39 is 0 Å². The fraction of sp³-hybridized carbons (Fsp3) is 0.0278. The van der Waals surface area contributed by atoms with Gasteiger partial charge in [-0.2, -0.15) is 0 Å². The van der Waals surface area contributed by atoms with Gasteiger partial charge in [0.05, 0.1) is 5.69 Å². The van der Waals surface area contributed by atoms with Gasteiger partial charge in [0, 0.05) is 11.8 Å². The van der Waals surface area contributed by atoms with Crippen molar-refractivity contribution in [1.29, 1.82) is 0 Å². The molecule has 0 radical (unpaired) electrons. The zero-order valence-corrected chi connectivity index (χ0v) is 20.3. The first-order chi connectivity index (χ1) is 18.3. The molecule has 1 aliphatic rings. The molecule has 0 saturated carbocycles. The van der Waals surface area contributed by atoms with Crippen LogP contribution >= 0.6 is 0 Å². The zero-order valence-electron chi connectivity index (χ0n) is 20.3. The Balaban J connectivity index is 1.28. The molecule has 8 rings (SSSR count). The molecule has 172 valence electrons. The lowest BCUT2D eigenvalue weighted by molar-refractivity contribution is 1.26. The van der Waals surface area contributed by atoms with E-state index in [1.165, 1.54) is 65.7 Å². The Hall–Kier alpha value is -4.75. The molecule has 0 atom stereocenters. The summed E-state index contributed by atoms with van der Waals surface area (Å²) in [4.78, 5) is 4.79. The lowest BCUT2D eigenvalue weighted by atomic mass is 9.92. The molecule has 0 amide bonds. The summed E-state index contributed by atoms with van der Waals surface area (Å²) in [5, 5.41) is 7.73. The summed E-state index contributed by atoms with van der Waals surface area (Å²) in [5.74, 6) is 0. The molecule has 0 fully saturated rings. The largest absolute Gasteiger partial charge is 0.256 e. The highest BCUT2D eigenvalue weighted by atomic mass is 14.7. The molecule has 0 spiro atoms. The third kappa shape index (κ3) is 3.14. The van der Waals surface area contributed by atoms with E-state index in [1.54, 1.807) is 0 Å². The van der Waals surface area contributed by atoms with E-state index >= 15 is 0 Å². The van der Waals surface area contributed by atoms with E-state index in [-0.39, 0.29) is 0 Å². The summed E-state index contributed by atoms with van der Waals surface area (Å²) in [7, 11) is 0. The van der Waals surface area contributed by atoms with Crippen molar-refractivity contribution < 1.29 is 0 Å². The fourth-order valence-corrected chi connectivity index (χ4v) is 6.14. The first-order valence-corrected chi connectivity index (χ1v) is 12.8. The first kappa shape index (κ1) is 20.4. The van der Waals surface area contributed by atoms with Gasteiger partial charge in [0.2, 0.25) is 0 Å². The average molecular weight is 470 g/mol. The summed E-state index contributed by atoms with van der Waals surface area (Å²) in [6.07, 6.45) is 2.96. The van der Waals surface area contributed by atoms with Gasteiger partial charge in [0.15, 0.2) is 0 Å². The zero-order chi connectivity index (χ0) is 24.3. The van der Waals surface area contributed by atoms with Crippen LogP contribution in [0.4, 0.5) is 0 Å². The van der Waals surface area contributed by atoms with Crippen LogP contribution in [0.15, 0.2) is 128 Å². The monoisotopic (exact) mass is 469 g/mol.